The van der Waals surface area contributed by atoms with Gasteiger partial charge in [0.15, 0.2) is 0 Å². The van der Waals surface area contributed by atoms with Crippen molar-refractivity contribution in [2.24, 2.45) is 0 Å². The van der Waals surface area contributed by atoms with Crippen LogP contribution < -0.4 is 20.9 Å². The molecule has 6 rings (SSSR count). The van der Waals surface area contributed by atoms with E-state index in [2.05, 4.69) is 40.8 Å². The molecule has 13 heteroatoms. The van der Waals surface area contributed by atoms with E-state index in [1.165, 1.54) is 18.6 Å². The zero-order valence-corrected chi connectivity index (χ0v) is 22.5. The van der Waals surface area contributed by atoms with Crippen LogP contribution in [0.15, 0.2) is 38.3 Å². The molecule has 0 aliphatic carbocycles. The smallest absolute Gasteiger partial charge is 0.260 e. The maximum absolute atomic E-state index is 13.3. The SMILES string of the molecule is O=c1[nH]c(N2CCCCC2)nc2c(Br)cc(F)cc12.O=c1[nH]c(N2CCOCC2)nc2c(Cl)cc(F)cc12. The minimum atomic E-state index is -0.552. The molecule has 0 saturated carbocycles. The van der Waals surface area contributed by atoms with Gasteiger partial charge in [-0.25, -0.2) is 18.7 Å². The van der Waals surface area contributed by atoms with Crippen LogP contribution in [0.3, 0.4) is 0 Å². The minimum Gasteiger partial charge on any atom is -0.378 e. The zero-order valence-electron chi connectivity index (χ0n) is 20.2. The van der Waals surface area contributed by atoms with Gasteiger partial charge < -0.3 is 14.5 Å². The molecule has 2 fully saturated rings. The molecule has 0 radical (unpaired) electrons. The summed E-state index contributed by atoms with van der Waals surface area (Å²) in [5.41, 5.74) is 0.123. The first-order chi connectivity index (χ1) is 18.3. The number of hydrogen-bond donors (Lipinski definition) is 2. The number of halogens is 4. The third-order valence-corrected chi connectivity index (χ3v) is 7.29. The Labute approximate surface area is 228 Å². The maximum Gasteiger partial charge on any atom is 0.260 e. The van der Waals surface area contributed by atoms with E-state index in [4.69, 9.17) is 16.3 Å². The van der Waals surface area contributed by atoms with Crippen LogP contribution >= 0.6 is 27.5 Å². The molecule has 4 aromatic rings. The largest absolute Gasteiger partial charge is 0.378 e. The van der Waals surface area contributed by atoms with E-state index in [1.807, 2.05) is 4.90 Å². The summed E-state index contributed by atoms with van der Waals surface area (Å²) in [4.78, 5) is 42.2. The van der Waals surface area contributed by atoms with Crippen LogP contribution in [-0.2, 0) is 4.74 Å². The lowest BCUT2D eigenvalue weighted by Crippen LogP contribution is -2.38. The Balaban J connectivity index is 0.000000155. The molecule has 2 N–H and O–H groups in total. The number of nitrogens with zero attached hydrogens (tertiary/aromatic N) is 4. The molecular weight excluding hydrogens is 586 g/mol. The van der Waals surface area contributed by atoms with Gasteiger partial charge in [-0.3, -0.25) is 19.6 Å². The molecule has 0 amide bonds. The molecule has 38 heavy (non-hydrogen) atoms. The van der Waals surface area contributed by atoms with Crippen molar-refractivity contribution in [2.75, 3.05) is 49.2 Å². The monoisotopic (exact) mass is 608 g/mol. The van der Waals surface area contributed by atoms with Crippen LogP contribution in [0.1, 0.15) is 19.3 Å². The van der Waals surface area contributed by atoms with Crippen LogP contribution in [0, 0.1) is 11.6 Å². The van der Waals surface area contributed by atoms with Crippen LogP contribution in [0.4, 0.5) is 20.7 Å². The summed E-state index contributed by atoms with van der Waals surface area (Å²) >= 11 is 9.21. The molecule has 2 aromatic carbocycles. The highest BCUT2D eigenvalue weighted by atomic mass is 79.9. The van der Waals surface area contributed by atoms with Gasteiger partial charge in [-0.05, 0) is 59.5 Å². The van der Waals surface area contributed by atoms with Crippen molar-refractivity contribution >= 4 is 61.2 Å². The summed E-state index contributed by atoms with van der Waals surface area (Å²) in [5.74, 6) is 0.0140. The lowest BCUT2D eigenvalue weighted by atomic mass is 10.1. The van der Waals surface area contributed by atoms with Crippen molar-refractivity contribution in [1.82, 2.24) is 19.9 Å². The Morgan fingerprint density at radius 1 is 0.789 bits per heavy atom. The van der Waals surface area contributed by atoms with Crippen molar-refractivity contribution in [3.05, 3.63) is 66.1 Å². The predicted molar refractivity (Wildman–Crippen MR) is 146 cm³/mol. The van der Waals surface area contributed by atoms with Crippen molar-refractivity contribution in [2.45, 2.75) is 19.3 Å². The van der Waals surface area contributed by atoms with Gasteiger partial charge in [0.2, 0.25) is 11.9 Å². The molecular formula is C25H24BrClF2N6O3. The molecule has 0 bridgehead atoms. The number of benzene rings is 2. The van der Waals surface area contributed by atoms with Gasteiger partial charge >= 0.3 is 0 Å². The van der Waals surface area contributed by atoms with Gasteiger partial charge in [-0.15, -0.1) is 0 Å². The highest BCUT2D eigenvalue weighted by Gasteiger charge is 2.17. The van der Waals surface area contributed by atoms with E-state index in [9.17, 15) is 18.4 Å². The van der Waals surface area contributed by atoms with Crippen LogP contribution in [-0.4, -0.2) is 59.3 Å². The number of morpholine rings is 1. The number of hydrogen-bond acceptors (Lipinski definition) is 7. The van der Waals surface area contributed by atoms with Crippen molar-refractivity contribution in [3.8, 4) is 0 Å². The second-order valence-corrected chi connectivity index (χ2v) is 10.3. The average Bonchev–Trinajstić information content (AvgIpc) is 2.91. The number of aromatic amines is 2. The Bertz CT molecular complexity index is 1480. The normalized spacial score (nSPS) is 16.0. The third-order valence-electron chi connectivity index (χ3n) is 6.40. The number of ether oxygens (including phenoxy) is 1. The third kappa shape index (κ3) is 5.67. The number of nitrogens with one attached hydrogen (secondary N) is 2. The molecule has 0 unspecified atom stereocenters. The molecule has 2 saturated heterocycles. The molecule has 2 aliphatic rings. The second-order valence-electron chi connectivity index (χ2n) is 8.99. The molecule has 4 heterocycles. The highest BCUT2D eigenvalue weighted by Crippen LogP contribution is 2.24. The summed E-state index contributed by atoms with van der Waals surface area (Å²) in [6, 6.07) is 4.83. The fourth-order valence-corrected chi connectivity index (χ4v) is 5.26. The summed E-state index contributed by atoms with van der Waals surface area (Å²) < 4.78 is 32.3. The fraction of sp³-hybridized carbons (Fsp3) is 0.360. The van der Waals surface area contributed by atoms with E-state index < -0.39 is 17.2 Å². The van der Waals surface area contributed by atoms with Crippen LogP contribution in [0.2, 0.25) is 5.02 Å². The minimum absolute atomic E-state index is 0.135. The first-order valence-electron chi connectivity index (χ1n) is 12.2. The molecule has 200 valence electrons. The number of H-pyrrole nitrogens is 2. The predicted octanol–water partition coefficient (Wildman–Crippen LogP) is 4.37. The number of fused-ring (bicyclic) bond motifs is 2. The molecule has 0 spiro atoms. The molecule has 2 aromatic heterocycles. The van der Waals surface area contributed by atoms with Gasteiger partial charge in [-0.1, -0.05) is 11.6 Å². The Morgan fingerprint density at radius 2 is 1.32 bits per heavy atom. The standard InChI is InChI=1S/C13H13BrFN3O.C12H11ClFN3O2/c14-10-7-8(15)6-9-11(10)16-13(17-12(9)19)18-4-2-1-3-5-18;13-9-6-7(14)5-8-10(9)15-12(16-11(8)18)17-1-3-19-4-2-17/h6-7H,1-5H2,(H,16,17,19);5-6H,1-4H2,(H,15,16,18). The summed E-state index contributed by atoms with van der Waals surface area (Å²) in [6.07, 6.45) is 3.42. The molecule has 9 nitrogen and oxygen atoms in total. The summed E-state index contributed by atoms with van der Waals surface area (Å²) in [7, 11) is 0. The van der Waals surface area contributed by atoms with Gasteiger partial charge in [0.25, 0.3) is 11.1 Å². The van der Waals surface area contributed by atoms with Gasteiger partial charge in [0, 0.05) is 30.7 Å². The topological polar surface area (TPSA) is 107 Å². The van der Waals surface area contributed by atoms with Crippen molar-refractivity contribution in [1.29, 1.82) is 0 Å². The first-order valence-corrected chi connectivity index (χ1v) is 13.3. The number of rotatable bonds is 2. The fourth-order valence-electron chi connectivity index (χ4n) is 4.49. The van der Waals surface area contributed by atoms with Crippen molar-refractivity contribution < 1.29 is 13.5 Å². The molecule has 0 atom stereocenters. The summed E-state index contributed by atoms with van der Waals surface area (Å²) in [5, 5.41) is 0.560. The zero-order chi connectivity index (χ0) is 26.8. The van der Waals surface area contributed by atoms with Crippen LogP contribution in [0.5, 0.6) is 0 Å². The lowest BCUT2D eigenvalue weighted by Gasteiger charge is -2.27. The number of piperidine rings is 1. The Kier molecular flexibility index (Phi) is 7.91. The van der Waals surface area contributed by atoms with Crippen LogP contribution in [0.25, 0.3) is 21.8 Å². The molecule has 2 aliphatic heterocycles. The van der Waals surface area contributed by atoms with E-state index in [1.54, 1.807) is 0 Å². The highest BCUT2D eigenvalue weighted by molar-refractivity contribution is 9.10. The van der Waals surface area contributed by atoms with E-state index in [0.29, 0.717) is 53.7 Å². The second kappa shape index (κ2) is 11.3. The van der Waals surface area contributed by atoms with E-state index in [-0.39, 0.29) is 21.4 Å². The number of aromatic nitrogens is 4. The quantitative estimate of drug-likeness (QED) is 0.348. The van der Waals surface area contributed by atoms with E-state index >= 15 is 0 Å². The van der Waals surface area contributed by atoms with Gasteiger partial charge in [0.05, 0.1) is 40.0 Å². The first kappa shape index (κ1) is 26.5. The summed E-state index contributed by atoms with van der Waals surface area (Å²) in [6.45, 7) is 4.25. The van der Waals surface area contributed by atoms with E-state index in [0.717, 1.165) is 38.1 Å². The number of anilines is 2. The maximum atomic E-state index is 13.3. The average molecular weight is 610 g/mol. The van der Waals surface area contributed by atoms with Gasteiger partial charge in [-0.2, -0.15) is 0 Å². The lowest BCUT2D eigenvalue weighted by molar-refractivity contribution is 0.122. The Hall–Kier alpha value is -3.09. The van der Waals surface area contributed by atoms with Crippen molar-refractivity contribution in [3.63, 3.8) is 0 Å². The van der Waals surface area contributed by atoms with Gasteiger partial charge in [0.1, 0.15) is 11.6 Å². The Morgan fingerprint density at radius 3 is 1.95 bits per heavy atom.